The zero-order chi connectivity index (χ0) is 45.9. The second kappa shape index (κ2) is 14.9. The van der Waals surface area contributed by atoms with E-state index in [-0.39, 0.29) is 0 Å². The van der Waals surface area contributed by atoms with E-state index < -0.39 is 5.41 Å². The topological polar surface area (TPSA) is 25.6 Å². The minimum atomic E-state index is -0.744. The lowest BCUT2D eigenvalue weighted by atomic mass is 9.65. The van der Waals surface area contributed by atoms with Gasteiger partial charge in [0, 0.05) is 33.2 Å². The van der Waals surface area contributed by atoms with E-state index in [1.807, 2.05) is 0 Å². The van der Waals surface area contributed by atoms with Crippen molar-refractivity contribution in [1.29, 1.82) is 0 Å². The first-order valence-electron chi connectivity index (χ1n) is 24.1. The van der Waals surface area contributed by atoms with Gasteiger partial charge in [0.1, 0.15) is 16.9 Å². The average molecular weight is 892 g/mol. The lowest BCUT2D eigenvalue weighted by Crippen LogP contribution is -2.29. The highest BCUT2D eigenvalue weighted by atomic mass is 16.5. The van der Waals surface area contributed by atoms with Gasteiger partial charge in [-0.2, -0.15) is 0 Å². The number of nitrogens with zero attached hydrogens (tertiary/aromatic N) is 1. The summed E-state index contributed by atoms with van der Waals surface area (Å²) >= 11 is 0. The molecule has 0 saturated heterocycles. The molecule has 0 saturated carbocycles. The largest absolute Gasteiger partial charge is 0.456 e. The third-order valence-corrected chi connectivity index (χ3v) is 15.1. The van der Waals surface area contributed by atoms with Gasteiger partial charge in [0.25, 0.3) is 0 Å². The van der Waals surface area contributed by atoms with Crippen LogP contribution in [0.3, 0.4) is 0 Å². The van der Waals surface area contributed by atoms with Crippen LogP contribution in [-0.2, 0) is 5.41 Å². The molecule has 0 amide bonds. The van der Waals surface area contributed by atoms with Crippen molar-refractivity contribution in [3.05, 3.63) is 271 Å². The highest BCUT2D eigenvalue weighted by Gasteiger charge is 2.51. The Labute approximate surface area is 405 Å². The van der Waals surface area contributed by atoms with Crippen molar-refractivity contribution in [3.8, 4) is 78.3 Å². The van der Waals surface area contributed by atoms with Gasteiger partial charge in [-0.05, 0) is 115 Å². The summed E-state index contributed by atoms with van der Waals surface area (Å²) in [5.41, 5.74) is 22.9. The number of anilines is 3. The Morgan fingerprint density at radius 2 is 0.886 bits per heavy atom. The molecule has 15 rings (SSSR count). The summed E-state index contributed by atoms with van der Waals surface area (Å²) in [4.78, 5) is 2.45. The quantitative estimate of drug-likeness (QED) is 0.176. The number of para-hydroxylation sites is 4. The van der Waals surface area contributed by atoms with Gasteiger partial charge in [0.15, 0.2) is 5.75 Å². The van der Waals surface area contributed by atoms with Crippen LogP contribution in [0.15, 0.2) is 253 Å². The fourth-order valence-electron chi connectivity index (χ4n) is 12.3. The molecule has 0 radical (unpaired) electrons. The van der Waals surface area contributed by atoms with Crippen LogP contribution in [0.25, 0.3) is 88.7 Å². The Morgan fingerprint density at radius 1 is 0.329 bits per heavy atom. The van der Waals surface area contributed by atoms with E-state index in [4.69, 9.17) is 9.15 Å². The molecular formula is C67H41NO2. The summed E-state index contributed by atoms with van der Waals surface area (Å²) in [7, 11) is 0. The van der Waals surface area contributed by atoms with Crippen molar-refractivity contribution < 1.29 is 9.15 Å². The van der Waals surface area contributed by atoms with Crippen molar-refractivity contribution in [2.45, 2.75) is 5.41 Å². The highest BCUT2D eigenvalue weighted by molar-refractivity contribution is 6.16. The van der Waals surface area contributed by atoms with Crippen molar-refractivity contribution >= 4 is 39.0 Å². The first kappa shape index (κ1) is 38.9. The number of hydrogen-bond donors (Lipinski definition) is 0. The van der Waals surface area contributed by atoms with Crippen LogP contribution in [-0.4, -0.2) is 0 Å². The molecule has 0 bridgehead atoms. The molecule has 3 heteroatoms. The fourth-order valence-corrected chi connectivity index (χ4v) is 12.3. The molecule has 0 N–H and O–H groups in total. The molecule has 2 heterocycles. The Hall–Kier alpha value is -9.18. The number of hydrogen-bond acceptors (Lipinski definition) is 3. The molecule has 3 aliphatic rings. The molecular weight excluding hydrogens is 851 g/mol. The molecule has 326 valence electrons. The van der Waals surface area contributed by atoms with Crippen molar-refractivity contribution in [1.82, 2.24) is 0 Å². The predicted molar refractivity (Wildman–Crippen MR) is 287 cm³/mol. The van der Waals surface area contributed by atoms with E-state index in [1.165, 1.54) is 55.6 Å². The van der Waals surface area contributed by atoms with Crippen LogP contribution < -0.4 is 9.64 Å². The van der Waals surface area contributed by atoms with E-state index in [9.17, 15) is 0 Å². The SMILES string of the molecule is c1ccc(-c2ccccc2N(c2ccc3c(c2)C2(c4ccccc4-c4ccccc4-3)c3ccccc3-c3c2ccc2oc4ccccc4c32)c2cccc3c2Oc2ccccc2-c2ccccc2-3)cc1. The average Bonchev–Trinajstić information content (AvgIpc) is 3.87. The van der Waals surface area contributed by atoms with Crippen LogP contribution in [0.5, 0.6) is 11.5 Å². The normalized spacial score (nSPS) is 14.5. The second-order valence-electron chi connectivity index (χ2n) is 18.6. The van der Waals surface area contributed by atoms with E-state index in [1.54, 1.807) is 0 Å². The number of ether oxygens (including phenoxy) is 1. The van der Waals surface area contributed by atoms with Crippen LogP contribution in [0.2, 0.25) is 0 Å². The highest BCUT2D eigenvalue weighted by Crippen LogP contribution is 2.64. The van der Waals surface area contributed by atoms with Gasteiger partial charge >= 0.3 is 0 Å². The summed E-state index contributed by atoms with van der Waals surface area (Å²) in [6.07, 6.45) is 0. The summed E-state index contributed by atoms with van der Waals surface area (Å²) in [5, 5.41) is 2.27. The summed E-state index contributed by atoms with van der Waals surface area (Å²) in [6.45, 7) is 0. The van der Waals surface area contributed by atoms with E-state index in [0.29, 0.717) is 0 Å². The van der Waals surface area contributed by atoms with Gasteiger partial charge in [-0.3, -0.25) is 0 Å². The number of rotatable bonds is 4. The van der Waals surface area contributed by atoms with Crippen LogP contribution in [0.4, 0.5) is 17.1 Å². The molecule has 3 nitrogen and oxygen atoms in total. The molecule has 1 unspecified atom stereocenters. The second-order valence-corrected chi connectivity index (χ2v) is 18.6. The van der Waals surface area contributed by atoms with Crippen molar-refractivity contribution in [3.63, 3.8) is 0 Å². The van der Waals surface area contributed by atoms with Crippen molar-refractivity contribution in [2.75, 3.05) is 4.90 Å². The Kier molecular flexibility index (Phi) is 8.28. The van der Waals surface area contributed by atoms with Gasteiger partial charge in [0.2, 0.25) is 0 Å². The maximum absolute atomic E-state index is 7.32. The minimum Gasteiger partial charge on any atom is -0.456 e. The monoisotopic (exact) mass is 891 g/mol. The van der Waals surface area contributed by atoms with Gasteiger partial charge in [-0.15, -0.1) is 0 Å². The van der Waals surface area contributed by atoms with Crippen molar-refractivity contribution in [2.24, 2.45) is 0 Å². The van der Waals surface area contributed by atoms with E-state index >= 15 is 0 Å². The smallest absolute Gasteiger partial charge is 0.159 e. The molecule has 12 aromatic rings. The Morgan fingerprint density at radius 3 is 1.67 bits per heavy atom. The summed E-state index contributed by atoms with van der Waals surface area (Å²) in [5.74, 6) is 1.62. The van der Waals surface area contributed by atoms with Crippen LogP contribution in [0.1, 0.15) is 22.3 Å². The van der Waals surface area contributed by atoms with Gasteiger partial charge < -0.3 is 14.1 Å². The molecule has 1 aliphatic heterocycles. The zero-order valence-electron chi connectivity index (χ0n) is 37.9. The van der Waals surface area contributed by atoms with Gasteiger partial charge in [0.05, 0.1) is 16.8 Å². The predicted octanol–water partition coefficient (Wildman–Crippen LogP) is 18.2. The van der Waals surface area contributed by atoms with Crippen LogP contribution >= 0.6 is 0 Å². The zero-order valence-corrected chi connectivity index (χ0v) is 37.9. The Bertz CT molecular complexity index is 4130. The fraction of sp³-hybridized carbons (Fsp3) is 0.0149. The lowest BCUT2D eigenvalue weighted by Gasteiger charge is -2.37. The lowest BCUT2D eigenvalue weighted by molar-refractivity contribution is 0.489. The van der Waals surface area contributed by atoms with Gasteiger partial charge in [-0.25, -0.2) is 0 Å². The molecule has 0 fully saturated rings. The minimum absolute atomic E-state index is 0.744. The maximum Gasteiger partial charge on any atom is 0.159 e. The number of furan rings is 1. The first-order chi connectivity index (χ1) is 34.8. The summed E-state index contributed by atoms with van der Waals surface area (Å²) in [6, 6.07) is 90.7. The first-order valence-corrected chi connectivity index (χ1v) is 24.1. The molecule has 70 heavy (non-hydrogen) atoms. The maximum atomic E-state index is 7.32. The molecule has 1 spiro atoms. The third kappa shape index (κ3) is 5.34. The third-order valence-electron chi connectivity index (χ3n) is 15.1. The van der Waals surface area contributed by atoms with E-state index in [0.717, 1.165) is 83.9 Å². The number of fused-ring (bicyclic) bond motifs is 21. The molecule has 1 atom stereocenters. The summed E-state index contributed by atoms with van der Waals surface area (Å²) < 4.78 is 14.0. The van der Waals surface area contributed by atoms with Crippen LogP contribution in [0, 0.1) is 0 Å². The molecule has 11 aromatic carbocycles. The molecule has 1 aromatic heterocycles. The molecule has 2 aliphatic carbocycles. The standard InChI is InChI=1S/C67H41NO2/c1-2-19-42(20-3-1)44-21-10-15-33-59(44)68(60-34-18-30-52-48-25-7-6-24-47(48)51-27-11-16-35-61(51)70-66(52)60)43-37-38-50-46-23-5-4-22-45(46)49-26-8-13-31-55(49)67(58(50)41-43)56-32-14-9-28-53(56)64-57(67)39-40-63-65(64)54-29-12-17-36-62(54)69-63/h1-41H. The van der Waals surface area contributed by atoms with Gasteiger partial charge in [-0.1, -0.05) is 206 Å². The number of benzene rings is 11. The van der Waals surface area contributed by atoms with E-state index in [2.05, 4.69) is 254 Å². The Balaban J connectivity index is 1.09.